The Morgan fingerprint density at radius 1 is 1.44 bits per heavy atom. The third kappa shape index (κ3) is 3.27. The van der Waals surface area contributed by atoms with Gasteiger partial charge >= 0.3 is 0 Å². The van der Waals surface area contributed by atoms with Crippen LogP contribution in [0.25, 0.3) is 0 Å². The van der Waals surface area contributed by atoms with Crippen molar-refractivity contribution in [1.82, 2.24) is 9.78 Å². The summed E-state index contributed by atoms with van der Waals surface area (Å²) in [6, 6.07) is 5.74. The number of ether oxygens (including phenoxy) is 1. The third-order valence-corrected chi connectivity index (χ3v) is 3.38. The van der Waals surface area contributed by atoms with Gasteiger partial charge in [0.15, 0.2) is 5.75 Å². The van der Waals surface area contributed by atoms with Gasteiger partial charge in [-0.05, 0) is 24.1 Å². The van der Waals surface area contributed by atoms with Crippen LogP contribution in [0.1, 0.15) is 18.9 Å². The molecule has 5 heteroatoms. The smallest absolute Gasteiger partial charge is 0.165 e. The van der Waals surface area contributed by atoms with E-state index < -0.39 is 0 Å². The molecule has 0 N–H and O–H groups in total. The van der Waals surface area contributed by atoms with Gasteiger partial charge in [-0.3, -0.25) is 4.68 Å². The molecule has 1 heterocycles. The van der Waals surface area contributed by atoms with Crippen molar-refractivity contribution in [3.8, 4) is 11.5 Å². The van der Waals surface area contributed by atoms with Crippen LogP contribution in [0.5, 0.6) is 11.5 Å². The molecule has 0 aliphatic rings. The van der Waals surface area contributed by atoms with Crippen LogP contribution in [0.3, 0.4) is 0 Å². The highest BCUT2D eigenvalue weighted by Crippen LogP contribution is 2.30. The van der Waals surface area contributed by atoms with Crippen molar-refractivity contribution in [3.63, 3.8) is 0 Å². The van der Waals surface area contributed by atoms with Crippen LogP contribution in [0, 0.1) is 0 Å². The van der Waals surface area contributed by atoms with E-state index in [9.17, 15) is 0 Å². The Balaban J connectivity index is 2.12. The van der Waals surface area contributed by atoms with Gasteiger partial charge in [0, 0.05) is 11.9 Å². The number of hydrogen-bond acceptors (Lipinski definition) is 2. The Labute approximate surface area is 120 Å². The van der Waals surface area contributed by atoms with Gasteiger partial charge in [0.2, 0.25) is 0 Å². The molecule has 2 aromatic rings. The summed E-state index contributed by atoms with van der Waals surface area (Å²) in [7, 11) is 0. The molecule has 1 aromatic carbocycles. The summed E-state index contributed by atoms with van der Waals surface area (Å²) in [5.41, 5.74) is 1.12. The van der Waals surface area contributed by atoms with Gasteiger partial charge in [-0.25, -0.2) is 0 Å². The average molecular weight is 330 g/mol. The zero-order valence-corrected chi connectivity index (χ0v) is 12.4. The zero-order chi connectivity index (χ0) is 13.0. The lowest BCUT2D eigenvalue weighted by Gasteiger charge is -2.06. The SMILES string of the molecule is CCCn1cc(Oc2ccc(CBr)cc2Cl)cn1. The topological polar surface area (TPSA) is 27.1 Å². The molecule has 18 heavy (non-hydrogen) atoms. The lowest BCUT2D eigenvalue weighted by Crippen LogP contribution is -1.95. The Kier molecular flexibility index (Phi) is 4.66. The summed E-state index contributed by atoms with van der Waals surface area (Å²) in [6.07, 6.45) is 4.62. The number of hydrogen-bond donors (Lipinski definition) is 0. The van der Waals surface area contributed by atoms with Crippen molar-refractivity contribution in [3.05, 3.63) is 41.2 Å². The molecule has 96 valence electrons. The van der Waals surface area contributed by atoms with E-state index in [0.717, 1.165) is 23.9 Å². The van der Waals surface area contributed by atoms with Gasteiger partial charge in [-0.1, -0.05) is 40.5 Å². The molecule has 0 aliphatic heterocycles. The lowest BCUT2D eigenvalue weighted by molar-refractivity contribution is 0.480. The average Bonchev–Trinajstić information content (AvgIpc) is 2.80. The van der Waals surface area contributed by atoms with E-state index in [-0.39, 0.29) is 0 Å². The first kappa shape index (κ1) is 13.4. The molecule has 0 fully saturated rings. The highest BCUT2D eigenvalue weighted by Gasteiger charge is 2.06. The summed E-state index contributed by atoms with van der Waals surface area (Å²) >= 11 is 9.54. The van der Waals surface area contributed by atoms with E-state index in [1.165, 1.54) is 0 Å². The number of alkyl halides is 1. The van der Waals surface area contributed by atoms with Crippen molar-refractivity contribution < 1.29 is 4.74 Å². The number of aryl methyl sites for hydroxylation is 1. The largest absolute Gasteiger partial charge is 0.452 e. The van der Waals surface area contributed by atoms with E-state index in [4.69, 9.17) is 16.3 Å². The second-order valence-electron chi connectivity index (χ2n) is 3.94. The molecule has 0 saturated heterocycles. The quantitative estimate of drug-likeness (QED) is 0.748. The first-order valence-corrected chi connectivity index (χ1v) is 7.27. The maximum atomic E-state index is 6.15. The van der Waals surface area contributed by atoms with Gasteiger partial charge in [0.25, 0.3) is 0 Å². The standard InChI is InChI=1S/C13H14BrClN2O/c1-2-5-17-9-11(8-16-17)18-13-4-3-10(7-14)6-12(13)15/h3-4,6,8-9H,2,5,7H2,1H3. The molecule has 0 unspecified atom stereocenters. The van der Waals surface area contributed by atoms with Crippen LogP contribution in [0.15, 0.2) is 30.6 Å². The summed E-state index contributed by atoms with van der Waals surface area (Å²) in [5.74, 6) is 1.36. The minimum absolute atomic E-state index is 0.607. The third-order valence-electron chi connectivity index (χ3n) is 2.44. The molecular weight excluding hydrogens is 316 g/mol. The van der Waals surface area contributed by atoms with Crippen LogP contribution in [-0.4, -0.2) is 9.78 Å². The molecule has 1 aromatic heterocycles. The highest BCUT2D eigenvalue weighted by molar-refractivity contribution is 9.08. The monoisotopic (exact) mass is 328 g/mol. The van der Waals surface area contributed by atoms with Crippen molar-refractivity contribution in [1.29, 1.82) is 0 Å². The highest BCUT2D eigenvalue weighted by atomic mass is 79.9. The van der Waals surface area contributed by atoms with Crippen molar-refractivity contribution >= 4 is 27.5 Å². The summed E-state index contributed by atoms with van der Waals surface area (Å²) in [5, 5.41) is 5.59. The van der Waals surface area contributed by atoms with Crippen LogP contribution < -0.4 is 4.74 Å². The summed E-state index contributed by atoms with van der Waals surface area (Å²) in [4.78, 5) is 0. The molecule has 0 spiro atoms. The number of aromatic nitrogens is 2. The Bertz CT molecular complexity index is 527. The van der Waals surface area contributed by atoms with E-state index in [1.807, 2.05) is 29.1 Å². The first-order chi connectivity index (χ1) is 8.72. The Hall–Kier alpha value is -1.00. The summed E-state index contributed by atoms with van der Waals surface area (Å²) in [6.45, 7) is 3.00. The zero-order valence-electron chi connectivity index (χ0n) is 10.1. The predicted octanol–water partition coefficient (Wildman–Crippen LogP) is 4.63. The molecule has 0 bridgehead atoms. The maximum absolute atomic E-state index is 6.15. The van der Waals surface area contributed by atoms with E-state index in [1.54, 1.807) is 6.20 Å². The fourth-order valence-corrected chi connectivity index (χ4v) is 2.18. The number of benzene rings is 1. The van der Waals surface area contributed by atoms with Crippen molar-refractivity contribution in [2.24, 2.45) is 0 Å². The number of nitrogens with zero attached hydrogens (tertiary/aromatic N) is 2. The molecule has 0 amide bonds. The molecule has 2 rings (SSSR count). The molecule has 0 aliphatic carbocycles. The normalized spacial score (nSPS) is 10.6. The Morgan fingerprint density at radius 3 is 2.94 bits per heavy atom. The van der Waals surface area contributed by atoms with Crippen LogP contribution >= 0.6 is 27.5 Å². The van der Waals surface area contributed by atoms with E-state index in [0.29, 0.717) is 16.5 Å². The van der Waals surface area contributed by atoms with Crippen LogP contribution in [-0.2, 0) is 11.9 Å². The maximum Gasteiger partial charge on any atom is 0.165 e. The Morgan fingerprint density at radius 2 is 2.28 bits per heavy atom. The molecule has 0 atom stereocenters. The minimum Gasteiger partial charge on any atom is -0.452 e. The molecule has 3 nitrogen and oxygen atoms in total. The van der Waals surface area contributed by atoms with Crippen molar-refractivity contribution in [2.75, 3.05) is 0 Å². The van der Waals surface area contributed by atoms with Crippen LogP contribution in [0.2, 0.25) is 5.02 Å². The van der Waals surface area contributed by atoms with Gasteiger partial charge in [0.1, 0.15) is 5.75 Å². The van der Waals surface area contributed by atoms with E-state index >= 15 is 0 Å². The second-order valence-corrected chi connectivity index (χ2v) is 4.91. The fourth-order valence-electron chi connectivity index (χ4n) is 1.59. The molecule has 0 radical (unpaired) electrons. The number of rotatable bonds is 5. The van der Waals surface area contributed by atoms with Gasteiger partial charge < -0.3 is 4.74 Å². The first-order valence-electron chi connectivity index (χ1n) is 5.77. The minimum atomic E-state index is 0.607. The lowest BCUT2D eigenvalue weighted by atomic mass is 10.2. The van der Waals surface area contributed by atoms with Gasteiger partial charge in [-0.15, -0.1) is 0 Å². The van der Waals surface area contributed by atoms with Crippen molar-refractivity contribution in [2.45, 2.75) is 25.2 Å². The summed E-state index contributed by atoms with van der Waals surface area (Å²) < 4.78 is 7.56. The molecular formula is C13H14BrClN2O. The van der Waals surface area contributed by atoms with Gasteiger partial charge in [0.05, 0.1) is 17.4 Å². The predicted molar refractivity (Wildman–Crippen MR) is 76.7 cm³/mol. The van der Waals surface area contributed by atoms with E-state index in [2.05, 4.69) is 28.0 Å². The number of halogens is 2. The second kappa shape index (κ2) is 6.25. The fraction of sp³-hybridized carbons (Fsp3) is 0.308. The van der Waals surface area contributed by atoms with Gasteiger partial charge in [-0.2, -0.15) is 5.10 Å². The molecule has 0 saturated carbocycles. The van der Waals surface area contributed by atoms with Crippen LogP contribution in [0.4, 0.5) is 0 Å².